The van der Waals surface area contributed by atoms with Crippen molar-refractivity contribution in [1.29, 1.82) is 0 Å². The van der Waals surface area contributed by atoms with Crippen LogP contribution in [0.2, 0.25) is 0 Å². The van der Waals surface area contributed by atoms with Crippen LogP contribution in [0.1, 0.15) is 5.89 Å². The molecule has 0 N–H and O–H groups in total. The van der Waals surface area contributed by atoms with Gasteiger partial charge in [0.25, 0.3) is 0 Å². The van der Waals surface area contributed by atoms with E-state index in [0.29, 0.717) is 17.5 Å². The summed E-state index contributed by atoms with van der Waals surface area (Å²) in [5, 5.41) is 17.9. The van der Waals surface area contributed by atoms with Crippen LogP contribution < -0.4 is 0 Å². The summed E-state index contributed by atoms with van der Waals surface area (Å²) in [6, 6.07) is 23.6. The Bertz CT molecular complexity index is 1240. The van der Waals surface area contributed by atoms with Crippen molar-refractivity contribution in [1.82, 2.24) is 29.9 Å². The Morgan fingerprint density at radius 2 is 1.47 bits per heavy atom. The molecule has 0 atom stereocenters. The number of hydrogen-bond donors (Lipinski definition) is 0. The van der Waals surface area contributed by atoms with Gasteiger partial charge in [-0.25, -0.2) is 0 Å². The van der Waals surface area contributed by atoms with Gasteiger partial charge >= 0.3 is 0 Å². The number of pyridine rings is 1. The summed E-state index contributed by atoms with van der Waals surface area (Å²) in [6.07, 6.45) is 3.49. The fourth-order valence-electron chi connectivity index (χ4n) is 3.00. The van der Waals surface area contributed by atoms with Crippen LogP contribution in [0, 0.1) is 0 Å². The van der Waals surface area contributed by atoms with Crippen LogP contribution in [0.5, 0.6) is 0 Å². The quantitative estimate of drug-likeness (QED) is 0.375. The molecule has 5 aromatic rings. The van der Waals surface area contributed by atoms with E-state index in [9.17, 15) is 0 Å². The topological polar surface area (TPSA) is 82.5 Å². The molecule has 8 heteroatoms. The lowest BCUT2D eigenvalue weighted by molar-refractivity contribution is 0.528. The Morgan fingerprint density at radius 3 is 2.23 bits per heavy atom. The molecule has 0 aliphatic heterocycles. The monoisotopic (exact) mass is 412 g/mol. The summed E-state index contributed by atoms with van der Waals surface area (Å²) in [5.41, 5.74) is 2.82. The molecule has 3 heterocycles. The van der Waals surface area contributed by atoms with E-state index in [1.165, 1.54) is 11.8 Å². The zero-order valence-corrected chi connectivity index (χ0v) is 16.6. The SMILES string of the molecule is c1ccc(-c2nnc(CSc3nnc(-c4ccncc4)n3-c3ccccc3)o2)cc1. The molecule has 7 nitrogen and oxygen atoms in total. The molecule has 2 aromatic carbocycles. The van der Waals surface area contributed by atoms with Crippen LogP contribution >= 0.6 is 11.8 Å². The van der Waals surface area contributed by atoms with E-state index in [4.69, 9.17) is 4.42 Å². The Labute approximate surface area is 176 Å². The first-order valence-corrected chi connectivity index (χ1v) is 10.3. The second-order valence-electron chi connectivity index (χ2n) is 6.37. The Hall–Kier alpha value is -3.78. The summed E-state index contributed by atoms with van der Waals surface area (Å²) in [4.78, 5) is 4.09. The number of aromatic nitrogens is 6. The molecule has 0 amide bonds. The smallest absolute Gasteiger partial charge is 0.247 e. The molecule has 0 unspecified atom stereocenters. The number of para-hydroxylation sites is 1. The highest BCUT2D eigenvalue weighted by atomic mass is 32.2. The number of hydrogen-bond acceptors (Lipinski definition) is 7. The predicted molar refractivity (Wildman–Crippen MR) is 114 cm³/mol. The van der Waals surface area contributed by atoms with E-state index in [0.717, 1.165) is 27.8 Å². The summed E-state index contributed by atoms with van der Waals surface area (Å²) < 4.78 is 7.84. The third kappa shape index (κ3) is 3.72. The molecule has 0 aliphatic rings. The minimum atomic E-state index is 0.487. The lowest BCUT2D eigenvalue weighted by Gasteiger charge is -2.09. The van der Waals surface area contributed by atoms with Gasteiger partial charge in [0.1, 0.15) is 0 Å². The Balaban J connectivity index is 1.44. The normalized spacial score (nSPS) is 10.9. The highest BCUT2D eigenvalue weighted by Crippen LogP contribution is 2.29. The third-order valence-corrected chi connectivity index (χ3v) is 5.31. The fraction of sp³-hybridized carbons (Fsp3) is 0.0455. The van der Waals surface area contributed by atoms with Crippen LogP contribution in [0.25, 0.3) is 28.5 Å². The molecular formula is C22H16N6OS. The Morgan fingerprint density at radius 1 is 0.733 bits per heavy atom. The molecular weight excluding hydrogens is 396 g/mol. The first-order valence-electron chi connectivity index (χ1n) is 9.30. The fourth-order valence-corrected chi connectivity index (χ4v) is 3.79. The Kier molecular flexibility index (Phi) is 5.05. The van der Waals surface area contributed by atoms with E-state index in [-0.39, 0.29) is 0 Å². The largest absolute Gasteiger partial charge is 0.420 e. The molecule has 0 radical (unpaired) electrons. The summed E-state index contributed by atoms with van der Waals surface area (Å²) in [7, 11) is 0. The minimum Gasteiger partial charge on any atom is -0.420 e. The summed E-state index contributed by atoms with van der Waals surface area (Å²) >= 11 is 1.50. The first-order chi connectivity index (χ1) is 14.9. The van der Waals surface area contributed by atoms with E-state index < -0.39 is 0 Å². The number of nitrogens with zero attached hydrogens (tertiary/aromatic N) is 6. The standard InChI is InChI=1S/C22H16N6OS/c1-3-7-17(8-4-1)21-26-24-19(29-21)15-30-22-27-25-20(16-11-13-23-14-12-16)28(22)18-9-5-2-6-10-18/h1-14H,15H2. The van der Waals surface area contributed by atoms with E-state index in [1.807, 2.05) is 77.4 Å². The van der Waals surface area contributed by atoms with Crippen molar-refractivity contribution in [3.05, 3.63) is 91.1 Å². The predicted octanol–water partition coefficient (Wildman–Crippen LogP) is 4.67. The lowest BCUT2D eigenvalue weighted by atomic mass is 10.2. The van der Waals surface area contributed by atoms with E-state index in [2.05, 4.69) is 25.4 Å². The van der Waals surface area contributed by atoms with Gasteiger partial charge in [-0.05, 0) is 36.4 Å². The highest BCUT2D eigenvalue weighted by molar-refractivity contribution is 7.98. The van der Waals surface area contributed by atoms with Gasteiger partial charge in [-0.3, -0.25) is 9.55 Å². The zero-order chi connectivity index (χ0) is 20.2. The molecule has 3 aromatic heterocycles. The van der Waals surface area contributed by atoms with E-state index >= 15 is 0 Å². The highest BCUT2D eigenvalue weighted by Gasteiger charge is 2.17. The first kappa shape index (κ1) is 18.3. The number of benzene rings is 2. The van der Waals surface area contributed by atoms with Crippen LogP contribution in [0.15, 0.2) is 94.8 Å². The molecule has 0 saturated heterocycles. The average molecular weight is 412 g/mol. The van der Waals surface area contributed by atoms with Gasteiger partial charge in [0.05, 0.1) is 5.75 Å². The molecule has 0 fully saturated rings. The zero-order valence-electron chi connectivity index (χ0n) is 15.8. The maximum Gasteiger partial charge on any atom is 0.247 e. The molecule has 0 saturated carbocycles. The second-order valence-corrected chi connectivity index (χ2v) is 7.31. The maximum absolute atomic E-state index is 5.82. The van der Waals surface area contributed by atoms with Crippen molar-refractivity contribution < 1.29 is 4.42 Å². The van der Waals surface area contributed by atoms with Gasteiger partial charge in [-0.15, -0.1) is 20.4 Å². The van der Waals surface area contributed by atoms with Crippen molar-refractivity contribution in [2.24, 2.45) is 0 Å². The van der Waals surface area contributed by atoms with Crippen molar-refractivity contribution >= 4 is 11.8 Å². The second kappa shape index (κ2) is 8.30. The van der Waals surface area contributed by atoms with Gasteiger partial charge in [0.2, 0.25) is 11.8 Å². The number of thioether (sulfide) groups is 1. The molecule has 5 rings (SSSR count). The average Bonchev–Trinajstić information content (AvgIpc) is 3.47. The minimum absolute atomic E-state index is 0.487. The van der Waals surface area contributed by atoms with Crippen LogP contribution in [-0.4, -0.2) is 29.9 Å². The molecule has 0 bridgehead atoms. The van der Waals surface area contributed by atoms with Gasteiger partial charge in [0, 0.05) is 29.2 Å². The summed E-state index contributed by atoms with van der Waals surface area (Å²) in [6.45, 7) is 0. The molecule has 0 spiro atoms. The van der Waals surface area contributed by atoms with Gasteiger partial charge in [-0.2, -0.15) is 0 Å². The van der Waals surface area contributed by atoms with Crippen molar-refractivity contribution in [3.8, 4) is 28.5 Å². The third-order valence-electron chi connectivity index (χ3n) is 4.40. The van der Waals surface area contributed by atoms with Gasteiger partial charge in [0.15, 0.2) is 11.0 Å². The maximum atomic E-state index is 5.82. The number of rotatable bonds is 6. The van der Waals surface area contributed by atoms with Gasteiger partial charge < -0.3 is 4.42 Å². The van der Waals surface area contributed by atoms with Crippen LogP contribution in [0.4, 0.5) is 0 Å². The van der Waals surface area contributed by atoms with E-state index in [1.54, 1.807) is 12.4 Å². The van der Waals surface area contributed by atoms with Crippen molar-refractivity contribution in [2.45, 2.75) is 10.9 Å². The molecule has 146 valence electrons. The van der Waals surface area contributed by atoms with Crippen LogP contribution in [-0.2, 0) is 5.75 Å². The lowest BCUT2D eigenvalue weighted by Crippen LogP contribution is -1.99. The van der Waals surface area contributed by atoms with Crippen molar-refractivity contribution in [2.75, 3.05) is 0 Å². The van der Waals surface area contributed by atoms with Gasteiger partial charge in [-0.1, -0.05) is 48.2 Å². The van der Waals surface area contributed by atoms with Crippen molar-refractivity contribution in [3.63, 3.8) is 0 Å². The summed E-state index contributed by atoms with van der Waals surface area (Å²) in [5.74, 6) is 2.28. The molecule has 0 aliphatic carbocycles. The van der Waals surface area contributed by atoms with Crippen LogP contribution in [0.3, 0.4) is 0 Å². The molecule has 30 heavy (non-hydrogen) atoms.